The standard InChI is InChI=1S/C78H152O17P2/c1-8-9-10-11-12-13-14-15-16-17-18-19-24-27-30-40-47-54-61-77(82)94-73(65-88-75(80)59-52-45-38-29-26-23-21-20-22-25-28-35-42-49-56-69(2)3)67-92-96(84,85)90-63-72(79)64-91-97(86,87)93-68-74(95-78(83)62-55-48-41-34-32-37-44-51-58-71(6)7)66-89-76(81)60-53-46-39-33-31-36-43-50-57-70(4)5/h69-74,79H,8-68H2,1-7H3,(H,84,85)(H,86,87)/t72-,73-,74-/m1/s1. The van der Waals surface area contributed by atoms with Crippen LogP contribution in [-0.2, 0) is 65.4 Å². The summed E-state index contributed by atoms with van der Waals surface area (Å²) < 4.78 is 68.6. The molecular weight excluding hydrogens is 1270 g/mol. The number of unbranched alkanes of at least 4 members (excludes halogenated alkanes) is 44. The number of carbonyl (C=O) groups is 4. The molecule has 19 heteroatoms. The molecule has 0 aromatic rings. The van der Waals surface area contributed by atoms with E-state index < -0.39 is 97.5 Å². The van der Waals surface area contributed by atoms with Crippen molar-refractivity contribution in [3.63, 3.8) is 0 Å². The molecule has 0 aliphatic rings. The monoisotopic (exact) mass is 1420 g/mol. The summed E-state index contributed by atoms with van der Waals surface area (Å²) in [5, 5.41) is 10.6. The highest BCUT2D eigenvalue weighted by atomic mass is 31.2. The van der Waals surface area contributed by atoms with Gasteiger partial charge in [0.25, 0.3) is 0 Å². The van der Waals surface area contributed by atoms with Crippen molar-refractivity contribution in [2.24, 2.45) is 17.8 Å². The fourth-order valence-corrected chi connectivity index (χ4v) is 13.5. The molecule has 0 aromatic heterocycles. The Labute approximate surface area is 594 Å². The maximum Gasteiger partial charge on any atom is 0.472 e. The molecule has 0 heterocycles. The third-order valence-electron chi connectivity index (χ3n) is 18.1. The maximum absolute atomic E-state index is 13.1. The maximum atomic E-state index is 13.1. The van der Waals surface area contributed by atoms with Crippen molar-refractivity contribution in [1.82, 2.24) is 0 Å². The van der Waals surface area contributed by atoms with Crippen molar-refractivity contribution >= 4 is 39.5 Å². The van der Waals surface area contributed by atoms with Crippen molar-refractivity contribution in [3.8, 4) is 0 Å². The Bertz CT molecular complexity index is 1890. The van der Waals surface area contributed by atoms with E-state index in [0.717, 1.165) is 108 Å². The Hall–Kier alpha value is -1.94. The van der Waals surface area contributed by atoms with E-state index in [-0.39, 0.29) is 25.7 Å². The second-order valence-electron chi connectivity index (χ2n) is 29.5. The molecular formula is C78H152O17P2. The predicted octanol–water partition coefficient (Wildman–Crippen LogP) is 23.0. The Morgan fingerprint density at radius 1 is 0.278 bits per heavy atom. The van der Waals surface area contributed by atoms with Crippen LogP contribution in [-0.4, -0.2) is 96.7 Å². The van der Waals surface area contributed by atoms with Crippen LogP contribution in [0, 0.1) is 17.8 Å². The number of ether oxygens (including phenoxy) is 4. The van der Waals surface area contributed by atoms with Crippen molar-refractivity contribution < 1.29 is 80.2 Å². The summed E-state index contributed by atoms with van der Waals surface area (Å²) in [5.41, 5.74) is 0. The van der Waals surface area contributed by atoms with Crippen LogP contribution in [0.1, 0.15) is 402 Å². The topological polar surface area (TPSA) is 237 Å². The lowest BCUT2D eigenvalue weighted by Gasteiger charge is -2.21. The molecule has 576 valence electrons. The second-order valence-corrected chi connectivity index (χ2v) is 32.4. The van der Waals surface area contributed by atoms with Crippen molar-refractivity contribution in [3.05, 3.63) is 0 Å². The lowest BCUT2D eigenvalue weighted by molar-refractivity contribution is -0.161. The molecule has 97 heavy (non-hydrogen) atoms. The molecule has 0 amide bonds. The zero-order chi connectivity index (χ0) is 71.6. The van der Waals surface area contributed by atoms with Gasteiger partial charge in [0.15, 0.2) is 12.2 Å². The Balaban J connectivity index is 5.24. The van der Waals surface area contributed by atoms with E-state index in [2.05, 4.69) is 48.5 Å². The molecule has 0 radical (unpaired) electrons. The average molecular weight is 1420 g/mol. The SMILES string of the molecule is CCCCCCCCCCCCCCCCCCCCC(=O)O[C@H](COC(=O)CCCCCCCCCCCCCCCCC(C)C)COP(=O)(O)OC[C@@H](O)COP(=O)(O)OC[C@@H](COC(=O)CCCCCCCCCCC(C)C)OC(=O)CCCCCCCCCCC(C)C. The molecule has 0 saturated heterocycles. The molecule has 0 aromatic carbocycles. The van der Waals surface area contributed by atoms with E-state index in [1.807, 2.05) is 0 Å². The van der Waals surface area contributed by atoms with Gasteiger partial charge in [0.2, 0.25) is 0 Å². The van der Waals surface area contributed by atoms with Crippen LogP contribution in [0.4, 0.5) is 0 Å². The quantitative estimate of drug-likeness (QED) is 0.0222. The molecule has 0 bridgehead atoms. The number of hydrogen-bond acceptors (Lipinski definition) is 15. The zero-order valence-corrected chi connectivity index (χ0v) is 65.3. The van der Waals surface area contributed by atoms with Gasteiger partial charge in [-0.05, 0) is 43.4 Å². The van der Waals surface area contributed by atoms with E-state index in [1.54, 1.807) is 0 Å². The summed E-state index contributed by atoms with van der Waals surface area (Å²) in [6.07, 6.45) is 55.6. The first-order chi connectivity index (χ1) is 46.7. The van der Waals surface area contributed by atoms with Crippen molar-refractivity contribution in [2.75, 3.05) is 39.6 Å². The number of rotatable bonds is 76. The van der Waals surface area contributed by atoms with Crippen LogP contribution < -0.4 is 0 Å². The normalized spacial score (nSPS) is 14.0. The van der Waals surface area contributed by atoms with Gasteiger partial charge in [0.05, 0.1) is 26.4 Å². The minimum absolute atomic E-state index is 0.104. The van der Waals surface area contributed by atoms with Crippen molar-refractivity contribution in [2.45, 2.75) is 420 Å². The molecule has 5 atom stereocenters. The first-order valence-electron chi connectivity index (χ1n) is 40.3. The summed E-state index contributed by atoms with van der Waals surface area (Å²) in [5.74, 6) is 0.127. The lowest BCUT2D eigenvalue weighted by atomic mass is 10.0. The van der Waals surface area contributed by atoms with E-state index in [4.69, 9.17) is 37.0 Å². The van der Waals surface area contributed by atoms with Crippen molar-refractivity contribution in [1.29, 1.82) is 0 Å². The summed E-state index contributed by atoms with van der Waals surface area (Å²) >= 11 is 0. The van der Waals surface area contributed by atoms with E-state index in [0.29, 0.717) is 25.7 Å². The highest BCUT2D eigenvalue weighted by Crippen LogP contribution is 2.45. The average Bonchev–Trinajstić information content (AvgIpc) is 1.30. The first kappa shape index (κ1) is 95.1. The number of carbonyl (C=O) groups excluding carboxylic acids is 4. The number of esters is 4. The highest BCUT2D eigenvalue weighted by molar-refractivity contribution is 7.47. The number of phosphoric acid groups is 2. The lowest BCUT2D eigenvalue weighted by Crippen LogP contribution is -2.30. The molecule has 3 N–H and O–H groups in total. The van der Waals surface area contributed by atoms with Gasteiger partial charge in [0.1, 0.15) is 19.3 Å². The summed E-state index contributed by atoms with van der Waals surface area (Å²) in [7, 11) is -9.91. The molecule has 0 fully saturated rings. The van der Waals surface area contributed by atoms with Crippen LogP contribution in [0.15, 0.2) is 0 Å². The minimum Gasteiger partial charge on any atom is -0.462 e. The van der Waals surface area contributed by atoms with Gasteiger partial charge in [-0.2, -0.15) is 0 Å². The number of aliphatic hydroxyl groups excluding tert-OH is 1. The Morgan fingerprint density at radius 2 is 0.474 bits per heavy atom. The summed E-state index contributed by atoms with van der Waals surface area (Å²) in [6, 6.07) is 0. The minimum atomic E-state index is -4.96. The highest BCUT2D eigenvalue weighted by Gasteiger charge is 2.30. The van der Waals surface area contributed by atoms with Gasteiger partial charge < -0.3 is 33.8 Å². The van der Waals surface area contributed by atoms with Crippen LogP contribution in [0.3, 0.4) is 0 Å². The smallest absolute Gasteiger partial charge is 0.462 e. The van der Waals surface area contributed by atoms with Gasteiger partial charge in [-0.15, -0.1) is 0 Å². The van der Waals surface area contributed by atoms with Gasteiger partial charge in [-0.3, -0.25) is 37.3 Å². The van der Waals surface area contributed by atoms with Gasteiger partial charge in [-0.1, -0.05) is 350 Å². The summed E-state index contributed by atoms with van der Waals surface area (Å²) in [6.45, 7) is 11.9. The van der Waals surface area contributed by atoms with Gasteiger partial charge in [-0.25, -0.2) is 9.13 Å². The number of phosphoric ester groups is 2. The molecule has 17 nitrogen and oxygen atoms in total. The molecule has 0 spiro atoms. The largest absolute Gasteiger partial charge is 0.472 e. The second kappa shape index (κ2) is 68.5. The Morgan fingerprint density at radius 3 is 0.701 bits per heavy atom. The molecule has 0 rings (SSSR count). The predicted molar refractivity (Wildman–Crippen MR) is 395 cm³/mol. The van der Waals surface area contributed by atoms with Crippen LogP contribution >= 0.6 is 15.6 Å². The van der Waals surface area contributed by atoms with E-state index in [9.17, 15) is 43.2 Å². The molecule has 2 unspecified atom stereocenters. The molecule has 0 aliphatic carbocycles. The fraction of sp³-hybridized carbons (Fsp3) is 0.949. The zero-order valence-electron chi connectivity index (χ0n) is 63.5. The van der Waals surface area contributed by atoms with Crippen LogP contribution in [0.25, 0.3) is 0 Å². The Kier molecular flexibility index (Phi) is 67.1. The molecule has 0 saturated carbocycles. The number of hydrogen-bond donors (Lipinski definition) is 3. The summed E-state index contributed by atoms with van der Waals surface area (Å²) in [4.78, 5) is 72.9. The van der Waals surface area contributed by atoms with E-state index >= 15 is 0 Å². The van der Waals surface area contributed by atoms with E-state index in [1.165, 1.54) is 212 Å². The van der Waals surface area contributed by atoms with Gasteiger partial charge in [0, 0.05) is 25.7 Å². The number of aliphatic hydroxyl groups is 1. The molecule has 0 aliphatic heterocycles. The van der Waals surface area contributed by atoms with Gasteiger partial charge >= 0.3 is 39.5 Å². The van der Waals surface area contributed by atoms with Crippen LogP contribution in [0.2, 0.25) is 0 Å². The van der Waals surface area contributed by atoms with Crippen LogP contribution in [0.5, 0.6) is 0 Å². The third kappa shape index (κ3) is 72.2. The first-order valence-corrected chi connectivity index (χ1v) is 43.3. The fourth-order valence-electron chi connectivity index (χ4n) is 12.0. The third-order valence-corrected chi connectivity index (χ3v) is 20.0.